The van der Waals surface area contributed by atoms with Crippen molar-refractivity contribution in [3.8, 4) is 5.75 Å². The van der Waals surface area contributed by atoms with E-state index in [1.165, 1.54) is 24.3 Å². The first-order valence-corrected chi connectivity index (χ1v) is 11.4. The number of carboxylic acid groups (broad SMARTS) is 1. The van der Waals surface area contributed by atoms with Crippen LogP contribution in [0.1, 0.15) is 38.7 Å². The number of nitrogens with one attached hydrogen (secondary N) is 3. The van der Waals surface area contributed by atoms with Crippen molar-refractivity contribution >= 4 is 35.5 Å². The van der Waals surface area contributed by atoms with Gasteiger partial charge in [0.05, 0.1) is 18.9 Å². The van der Waals surface area contributed by atoms with Crippen LogP contribution in [0.15, 0.2) is 24.3 Å². The molecular formula is C23H34N6O8. The molecule has 14 heteroatoms. The van der Waals surface area contributed by atoms with Crippen LogP contribution in [0.5, 0.6) is 5.75 Å². The summed E-state index contributed by atoms with van der Waals surface area (Å²) in [5.74, 6) is -5.92. The Morgan fingerprint density at radius 3 is 1.76 bits per heavy atom. The van der Waals surface area contributed by atoms with Crippen molar-refractivity contribution in [2.45, 2.75) is 63.7 Å². The third kappa shape index (κ3) is 11.4. The van der Waals surface area contributed by atoms with E-state index in [4.69, 9.17) is 17.2 Å². The molecule has 5 amide bonds. The van der Waals surface area contributed by atoms with E-state index in [1.54, 1.807) is 13.8 Å². The fraction of sp³-hybridized carbons (Fsp3) is 0.478. The third-order valence-electron chi connectivity index (χ3n) is 5.13. The van der Waals surface area contributed by atoms with Gasteiger partial charge in [-0.3, -0.25) is 24.0 Å². The van der Waals surface area contributed by atoms with E-state index in [-0.39, 0.29) is 24.5 Å². The molecule has 0 spiro atoms. The highest BCUT2D eigenvalue weighted by molar-refractivity contribution is 5.96. The molecule has 4 unspecified atom stereocenters. The van der Waals surface area contributed by atoms with Crippen LogP contribution in [0.25, 0.3) is 0 Å². The number of rotatable bonds is 15. The van der Waals surface area contributed by atoms with Crippen LogP contribution in [-0.4, -0.2) is 69.9 Å². The molecule has 11 N–H and O–H groups in total. The zero-order valence-corrected chi connectivity index (χ0v) is 20.6. The number of carbonyl (C=O) groups excluding carboxylic acids is 5. The number of hydrogen-bond acceptors (Lipinski definition) is 8. The van der Waals surface area contributed by atoms with Crippen LogP contribution in [0.4, 0.5) is 0 Å². The summed E-state index contributed by atoms with van der Waals surface area (Å²) in [5.41, 5.74) is 16.4. The molecular weight excluding hydrogens is 488 g/mol. The Bertz CT molecular complexity index is 997. The number of benzene rings is 1. The van der Waals surface area contributed by atoms with Crippen molar-refractivity contribution in [3.05, 3.63) is 29.8 Å². The van der Waals surface area contributed by atoms with Gasteiger partial charge in [-0.2, -0.15) is 0 Å². The van der Waals surface area contributed by atoms with Crippen molar-refractivity contribution in [1.82, 2.24) is 16.0 Å². The molecule has 1 aromatic carbocycles. The SMILES string of the molecule is CC(C)CC(NC(=O)C(N)CC(N)=O)C(=O)NC(CC(N)=O)C(=O)NC(Cc1ccc(O)cc1)C(=O)O. The second kappa shape index (κ2) is 14.4. The van der Waals surface area contributed by atoms with E-state index in [0.717, 1.165) is 0 Å². The third-order valence-corrected chi connectivity index (χ3v) is 5.13. The molecule has 0 heterocycles. The molecule has 0 aliphatic carbocycles. The maximum Gasteiger partial charge on any atom is 0.326 e. The zero-order chi connectivity index (χ0) is 28.3. The molecule has 0 bridgehead atoms. The van der Waals surface area contributed by atoms with Gasteiger partial charge in [-0.25, -0.2) is 4.79 Å². The first-order valence-electron chi connectivity index (χ1n) is 11.4. The number of primary amides is 2. The number of phenolic OH excluding ortho intramolecular Hbond substituents is 1. The van der Waals surface area contributed by atoms with Gasteiger partial charge in [0.2, 0.25) is 29.5 Å². The van der Waals surface area contributed by atoms with E-state index in [1.807, 2.05) is 0 Å². The number of carbonyl (C=O) groups is 6. The van der Waals surface area contributed by atoms with Gasteiger partial charge >= 0.3 is 5.97 Å². The second-order valence-electron chi connectivity index (χ2n) is 8.97. The lowest BCUT2D eigenvalue weighted by Crippen LogP contribution is -2.58. The molecule has 0 radical (unpaired) electrons. The average molecular weight is 523 g/mol. The summed E-state index contributed by atoms with van der Waals surface area (Å²) in [5, 5.41) is 25.9. The largest absolute Gasteiger partial charge is 0.508 e. The lowest BCUT2D eigenvalue weighted by molar-refractivity contribution is -0.142. The molecule has 1 rings (SSSR count). The van der Waals surface area contributed by atoms with Crippen LogP contribution in [0.2, 0.25) is 0 Å². The smallest absolute Gasteiger partial charge is 0.326 e. The first kappa shape index (κ1) is 30.8. The van der Waals surface area contributed by atoms with Crippen LogP contribution in [0.3, 0.4) is 0 Å². The van der Waals surface area contributed by atoms with Crippen molar-refractivity contribution in [2.75, 3.05) is 0 Å². The van der Waals surface area contributed by atoms with Crippen LogP contribution in [-0.2, 0) is 35.2 Å². The molecule has 0 aromatic heterocycles. The van der Waals surface area contributed by atoms with Crippen molar-refractivity contribution in [2.24, 2.45) is 23.1 Å². The number of aromatic hydroxyl groups is 1. The van der Waals surface area contributed by atoms with Crippen LogP contribution in [0, 0.1) is 5.92 Å². The Morgan fingerprint density at radius 2 is 1.27 bits per heavy atom. The molecule has 0 fully saturated rings. The molecule has 37 heavy (non-hydrogen) atoms. The Morgan fingerprint density at radius 1 is 0.784 bits per heavy atom. The molecule has 0 aliphatic rings. The van der Waals surface area contributed by atoms with E-state index in [9.17, 15) is 39.0 Å². The summed E-state index contributed by atoms with van der Waals surface area (Å²) in [6, 6.07) is 0.183. The summed E-state index contributed by atoms with van der Waals surface area (Å²) in [6.07, 6.45) is -1.13. The van der Waals surface area contributed by atoms with Crippen molar-refractivity contribution in [1.29, 1.82) is 0 Å². The van der Waals surface area contributed by atoms with Gasteiger partial charge in [0.15, 0.2) is 0 Å². The number of amides is 5. The normalized spacial score (nSPS) is 14.1. The molecule has 0 saturated heterocycles. The highest BCUT2D eigenvalue weighted by atomic mass is 16.4. The predicted molar refractivity (Wildman–Crippen MR) is 130 cm³/mol. The van der Waals surface area contributed by atoms with E-state index >= 15 is 0 Å². The molecule has 14 nitrogen and oxygen atoms in total. The van der Waals surface area contributed by atoms with E-state index < -0.39 is 72.5 Å². The molecule has 4 atom stereocenters. The lowest BCUT2D eigenvalue weighted by Gasteiger charge is -2.25. The number of nitrogens with two attached hydrogens (primary N) is 3. The minimum absolute atomic E-state index is 0.0254. The Kier molecular flexibility index (Phi) is 12.0. The van der Waals surface area contributed by atoms with Crippen LogP contribution >= 0.6 is 0 Å². The number of phenols is 1. The highest BCUT2D eigenvalue weighted by Gasteiger charge is 2.31. The van der Waals surface area contributed by atoms with Gasteiger partial charge in [-0.1, -0.05) is 26.0 Å². The Hall–Kier alpha value is -4.20. The maximum atomic E-state index is 13.0. The standard InChI is InChI=1S/C23H34N6O8/c1-11(2)7-15(27-20(33)14(24)9-18(25)31)21(34)28-16(10-19(26)32)22(35)29-17(23(36)37)8-12-3-5-13(30)6-4-12/h3-6,11,14-17,30H,7-10,24H2,1-2H3,(H2,25,31)(H2,26,32)(H,27,33)(H,28,34)(H,29,35)(H,36,37). The fourth-order valence-corrected chi connectivity index (χ4v) is 3.31. The zero-order valence-electron chi connectivity index (χ0n) is 20.6. The summed E-state index contributed by atoms with van der Waals surface area (Å²) in [4.78, 5) is 72.5. The van der Waals surface area contributed by atoms with Gasteiger partial charge in [0.25, 0.3) is 0 Å². The second-order valence-corrected chi connectivity index (χ2v) is 8.97. The average Bonchev–Trinajstić information content (AvgIpc) is 2.77. The van der Waals surface area contributed by atoms with Gasteiger partial charge in [-0.05, 0) is 30.0 Å². The van der Waals surface area contributed by atoms with Gasteiger partial charge in [0, 0.05) is 6.42 Å². The lowest BCUT2D eigenvalue weighted by atomic mass is 10.0. The molecule has 1 aromatic rings. The van der Waals surface area contributed by atoms with E-state index in [0.29, 0.717) is 5.56 Å². The molecule has 0 saturated carbocycles. The summed E-state index contributed by atoms with van der Waals surface area (Å²) < 4.78 is 0. The maximum absolute atomic E-state index is 13.0. The minimum Gasteiger partial charge on any atom is -0.508 e. The molecule has 204 valence electrons. The Balaban J connectivity index is 3.03. The predicted octanol–water partition coefficient (Wildman–Crippen LogP) is -2.40. The Labute approximate surface area is 213 Å². The van der Waals surface area contributed by atoms with Crippen molar-refractivity contribution < 1.29 is 39.0 Å². The van der Waals surface area contributed by atoms with Gasteiger partial charge < -0.3 is 43.4 Å². The highest BCUT2D eigenvalue weighted by Crippen LogP contribution is 2.12. The minimum atomic E-state index is -1.54. The van der Waals surface area contributed by atoms with Crippen molar-refractivity contribution in [3.63, 3.8) is 0 Å². The number of hydrogen-bond donors (Lipinski definition) is 8. The quantitative estimate of drug-likeness (QED) is 0.122. The molecule has 0 aliphatic heterocycles. The van der Waals surface area contributed by atoms with E-state index in [2.05, 4.69) is 16.0 Å². The first-order chi connectivity index (χ1) is 17.2. The number of carboxylic acids is 1. The fourth-order valence-electron chi connectivity index (χ4n) is 3.31. The monoisotopic (exact) mass is 522 g/mol. The van der Waals surface area contributed by atoms with Gasteiger partial charge in [-0.15, -0.1) is 0 Å². The number of aliphatic carboxylic acids is 1. The van der Waals surface area contributed by atoms with Crippen LogP contribution < -0.4 is 33.2 Å². The topological polar surface area (TPSA) is 257 Å². The summed E-state index contributed by atoms with van der Waals surface area (Å²) >= 11 is 0. The summed E-state index contributed by atoms with van der Waals surface area (Å²) in [7, 11) is 0. The summed E-state index contributed by atoms with van der Waals surface area (Å²) in [6.45, 7) is 3.54. The van der Waals surface area contributed by atoms with Gasteiger partial charge in [0.1, 0.15) is 23.9 Å².